The van der Waals surface area contributed by atoms with Gasteiger partial charge in [0.25, 0.3) is 0 Å². The van der Waals surface area contributed by atoms with Crippen molar-refractivity contribution in [2.45, 2.75) is 17.0 Å². The average Bonchev–Trinajstić information content (AvgIpc) is 2.68. The highest BCUT2D eigenvalue weighted by Crippen LogP contribution is 2.30. The Morgan fingerprint density at radius 1 is 1.03 bits per heavy atom. The van der Waals surface area contributed by atoms with Gasteiger partial charge in [-0.2, -0.15) is 4.72 Å². The van der Waals surface area contributed by atoms with Crippen molar-refractivity contribution >= 4 is 60.0 Å². The molecule has 2 rings (SSSR count). The van der Waals surface area contributed by atoms with Crippen molar-refractivity contribution in [1.29, 1.82) is 0 Å². The smallest absolute Gasteiger partial charge is 0.322 e. The predicted octanol–water partition coefficient (Wildman–Crippen LogP) is 1.43. The maximum atomic E-state index is 13.0. The fraction of sp³-hybridized carbons (Fsp3) is 0.333. The summed E-state index contributed by atoms with van der Waals surface area (Å²) in [6.45, 7) is 0. The summed E-state index contributed by atoms with van der Waals surface area (Å²) in [5, 5.41) is 19.4. The van der Waals surface area contributed by atoms with Gasteiger partial charge < -0.3 is 20.8 Å². The Hall–Kier alpha value is -1.99. The topological polar surface area (TPSA) is 150 Å². The van der Waals surface area contributed by atoms with E-state index in [4.69, 9.17) is 10.8 Å². The quantitative estimate of drug-likeness (QED) is 0.279. The van der Waals surface area contributed by atoms with Gasteiger partial charge in [-0.05, 0) is 12.1 Å². The van der Waals surface area contributed by atoms with Crippen LogP contribution >= 0.6 is 21.6 Å². The SMILES string of the molecule is CN(C)c1cccc2c(S(=O)(=O)N[C@H](CSSC[C@@H](N)C(=O)O)C(=O)O)cccc12. The van der Waals surface area contributed by atoms with E-state index in [0.29, 0.717) is 5.39 Å². The summed E-state index contributed by atoms with van der Waals surface area (Å²) in [5.41, 5.74) is 6.23. The Balaban J connectivity index is 2.22. The van der Waals surface area contributed by atoms with Crippen LogP contribution in [0, 0.1) is 0 Å². The van der Waals surface area contributed by atoms with Gasteiger partial charge in [-0.25, -0.2) is 8.42 Å². The number of sulfonamides is 1. The van der Waals surface area contributed by atoms with Crippen LogP contribution in [0.2, 0.25) is 0 Å². The van der Waals surface area contributed by atoms with Crippen molar-refractivity contribution in [3.63, 3.8) is 0 Å². The van der Waals surface area contributed by atoms with Crippen molar-refractivity contribution < 1.29 is 28.2 Å². The molecular formula is C18H23N3O6S3. The summed E-state index contributed by atoms with van der Waals surface area (Å²) in [5.74, 6) is -2.52. The number of carboxylic acids is 2. The Bertz CT molecular complexity index is 1030. The summed E-state index contributed by atoms with van der Waals surface area (Å²) in [4.78, 5) is 24.1. The number of fused-ring (bicyclic) bond motifs is 1. The molecular weight excluding hydrogens is 450 g/mol. The maximum Gasteiger partial charge on any atom is 0.322 e. The first-order valence-electron chi connectivity index (χ1n) is 8.71. The number of carboxylic acid groups (broad SMARTS) is 2. The van der Waals surface area contributed by atoms with Gasteiger partial charge in [0.1, 0.15) is 12.1 Å². The van der Waals surface area contributed by atoms with Crippen LogP contribution in [0.4, 0.5) is 5.69 Å². The number of benzene rings is 2. The Morgan fingerprint density at radius 3 is 2.23 bits per heavy atom. The van der Waals surface area contributed by atoms with Crippen molar-refractivity contribution in [1.82, 2.24) is 4.72 Å². The van der Waals surface area contributed by atoms with E-state index >= 15 is 0 Å². The molecule has 0 aliphatic heterocycles. The van der Waals surface area contributed by atoms with Crippen LogP contribution in [0.3, 0.4) is 0 Å². The molecule has 164 valence electrons. The molecule has 0 bridgehead atoms. The standard InChI is InChI=1S/C18H23N3O6S3/c1-21(2)15-7-3-6-12-11(15)5-4-8-16(12)30(26,27)20-14(18(24)25)10-29-28-9-13(19)17(22)23/h3-8,13-14,20H,9-10,19H2,1-2H3,(H,22,23)(H,24,25)/t13-,14-/m1/s1. The minimum absolute atomic E-state index is 0.0134. The highest BCUT2D eigenvalue weighted by atomic mass is 33.1. The minimum atomic E-state index is -4.13. The molecule has 0 spiro atoms. The van der Waals surface area contributed by atoms with Gasteiger partial charge in [0.2, 0.25) is 10.0 Å². The summed E-state index contributed by atoms with van der Waals surface area (Å²) in [6, 6.07) is 7.64. The first kappa shape index (κ1) is 24.3. The van der Waals surface area contributed by atoms with E-state index in [1.165, 1.54) is 6.07 Å². The lowest BCUT2D eigenvalue weighted by atomic mass is 10.1. The number of nitrogens with one attached hydrogen (secondary N) is 1. The molecule has 9 nitrogen and oxygen atoms in total. The summed E-state index contributed by atoms with van der Waals surface area (Å²) in [7, 11) is 1.68. The summed E-state index contributed by atoms with van der Waals surface area (Å²) >= 11 is 0. The Labute approximate surface area is 182 Å². The fourth-order valence-electron chi connectivity index (χ4n) is 2.60. The van der Waals surface area contributed by atoms with Gasteiger partial charge >= 0.3 is 11.9 Å². The molecule has 0 amide bonds. The van der Waals surface area contributed by atoms with Gasteiger partial charge in [0, 0.05) is 42.1 Å². The third-order valence-electron chi connectivity index (χ3n) is 4.11. The molecule has 2 aromatic carbocycles. The summed E-state index contributed by atoms with van der Waals surface area (Å²) in [6.07, 6.45) is 0. The molecule has 0 radical (unpaired) electrons. The number of aliphatic carboxylic acids is 2. The van der Waals surface area contributed by atoms with Crippen LogP contribution < -0.4 is 15.4 Å². The predicted molar refractivity (Wildman–Crippen MR) is 121 cm³/mol. The monoisotopic (exact) mass is 473 g/mol. The van der Waals surface area contributed by atoms with Gasteiger partial charge in [-0.1, -0.05) is 45.9 Å². The lowest BCUT2D eigenvalue weighted by Crippen LogP contribution is -2.42. The Kier molecular flexibility index (Phi) is 8.38. The largest absolute Gasteiger partial charge is 0.480 e. The number of nitrogens with two attached hydrogens (primary N) is 1. The number of anilines is 1. The molecule has 0 saturated carbocycles. The molecule has 0 heterocycles. The molecule has 2 atom stereocenters. The zero-order valence-corrected chi connectivity index (χ0v) is 18.8. The van der Waals surface area contributed by atoms with Crippen molar-refractivity contribution in [2.24, 2.45) is 5.73 Å². The maximum absolute atomic E-state index is 13.0. The minimum Gasteiger partial charge on any atom is -0.480 e. The highest BCUT2D eigenvalue weighted by Gasteiger charge is 2.27. The molecule has 0 fully saturated rings. The second-order valence-electron chi connectivity index (χ2n) is 6.55. The molecule has 2 aromatic rings. The van der Waals surface area contributed by atoms with E-state index in [9.17, 15) is 23.1 Å². The lowest BCUT2D eigenvalue weighted by Gasteiger charge is -2.18. The zero-order valence-electron chi connectivity index (χ0n) is 16.3. The van der Waals surface area contributed by atoms with Crippen LogP contribution in [0.5, 0.6) is 0 Å². The number of carbonyl (C=O) groups is 2. The third-order valence-corrected chi connectivity index (χ3v) is 8.09. The molecule has 0 unspecified atom stereocenters. The molecule has 0 aliphatic carbocycles. The first-order chi connectivity index (χ1) is 14.0. The van der Waals surface area contributed by atoms with Gasteiger partial charge in [-0.3, -0.25) is 9.59 Å². The van der Waals surface area contributed by atoms with Gasteiger partial charge in [-0.15, -0.1) is 0 Å². The number of nitrogens with zero attached hydrogens (tertiary/aromatic N) is 1. The van der Waals surface area contributed by atoms with Crippen molar-refractivity contribution in [3.8, 4) is 0 Å². The van der Waals surface area contributed by atoms with Crippen LogP contribution in [-0.4, -0.2) is 68.3 Å². The second kappa shape index (κ2) is 10.4. The van der Waals surface area contributed by atoms with Crippen molar-refractivity contribution in [2.75, 3.05) is 30.5 Å². The van der Waals surface area contributed by atoms with E-state index in [0.717, 1.165) is 32.7 Å². The average molecular weight is 474 g/mol. The van der Waals surface area contributed by atoms with Gasteiger partial charge in [0.05, 0.1) is 4.90 Å². The normalized spacial score (nSPS) is 13.7. The number of hydrogen-bond acceptors (Lipinski definition) is 8. The summed E-state index contributed by atoms with van der Waals surface area (Å²) < 4.78 is 28.2. The van der Waals surface area contributed by atoms with E-state index < -0.39 is 34.0 Å². The zero-order chi connectivity index (χ0) is 22.5. The molecule has 30 heavy (non-hydrogen) atoms. The highest BCUT2D eigenvalue weighted by molar-refractivity contribution is 8.76. The lowest BCUT2D eigenvalue weighted by molar-refractivity contribution is -0.139. The van der Waals surface area contributed by atoms with E-state index in [2.05, 4.69) is 4.72 Å². The van der Waals surface area contributed by atoms with Gasteiger partial charge in [0.15, 0.2) is 0 Å². The Morgan fingerprint density at radius 2 is 1.63 bits per heavy atom. The molecule has 12 heteroatoms. The van der Waals surface area contributed by atoms with Crippen LogP contribution in [0.25, 0.3) is 10.8 Å². The third kappa shape index (κ3) is 6.01. The van der Waals surface area contributed by atoms with Crippen LogP contribution in [0.15, 0.2) is 41.3 Å². The van der Waals surface area contributed by atoms with Crippen molar-refractivity contribution in [3.05, 3.63) is 36.4 Å². The molecule has 0 aliphatic rings. The van der Waals surface area contributed by atoms with Crippen LogP contribution in [-0.2, 0) is 19.6 Å². The molecule has 0 aromatic heterocycles. The second-order valence-corrected chi connectivity index (χ2v) is 10.8. The van der Waals surface area contributed by atoms with Crippen LogP contribution in [0.1, 0.15) is 0 Å². The fourth-order valence-corrected chi connectivity index (χ4v) is 6.39. The number of rotatable bonds is 11. The first-order valence-corrected chi connectivity index (χ1v) is 12.7. The number of hydrogen-bond donors (Lipinski definition) is 4. The van der Waals surface area contributed by atoms with E-state index in [1.807, 2.05) is 25.1 Å². The molecule has 0 saturated heterocycles. The van der Waals surface area contributed by atoms with E-state index in [-0.39, 0.29) is 16.4 Å². The van der Waals surface area contributed by atoms with E-state index in [1.54, 1.807) is 24.3 Å². The molecule has 5 N–H and O–H groups in total.